The Hall–Kier alpha value is -2.69. The van der Waals surface area contributed by atoms with E-state index >= 15 is 0 Å². The first kappa shape index (κ1) is 26.4. The quantitative estimate of drug-likeness (QED) is 0.438. The number of rotatable bonds is 4. The molecule has 4 rings (SSSR count). The highest BCUT2D eigenvalue weighted by Gasteiger charge is 2.26. The normalized spacial score (nSPS) is 21.1. The summed E-state index contributed by atoms with van der Waals surface area (Å²) >= 11 is 0. The molecular formula is C31H43N3O2. The molecule has 0 radical (unpaired) electrons. The molecule has 0 bridgehead atoms. The first-order valence-electron chi connectivity index (χ1n) is 14.3. The number of hydrogen-bond acceptors (Lipinski definition) is 4. The Balaban J connectivity index is 1.43. The molecule has 1 aliphatic carbocycles. The fourth-order valence-electron chi connectivity index (χ4n) is 5.53. The van der Waals surface area contributed by atoms with Gasteiger partial charge in [-0.1, -0.05) is 111 Å². The maximum Gasteiger partial charge on any atom is 0.229 e. The molecule has 0 N–H and O–H groups in total. The van der Waals surface area contributed by atoms with Crippen molar-refractivity contribution in [3.63, 3.8) is 0 Å². The van der Waals surface area contributed by atoms with Crippen molar-refractivity contribution in [3.8, 4) is 0 Å². The smallest absolute Gasteiger partial charge is 0.229 e. The molecule has 2 aliphatic rings. The van der Waals surface area contributed by atoms with E-state index in [-0.39, 0.29) is 11.8 Å². The second kappa shape index (κ2) is 14.8. The number of nitrogens with zero attached hydrogens (tertiary/aromatic N) is 3. The van der Waals surface area contributed by atoms with Crippen molar-refractivity contribution in [2.24, 2.45) is 0 Å². The molecular weight excluding hydrogens is 446 g/mol. The van der Waals surface area contributed by atoms with E-state index in [0.29, 0.717) is 18.9 Å². The lowest BCUT2D eigenvalue weighted by Gasteiger charge is -2.23. The Morgan fingerprint density at radius 3 is 2.00 bits per heavy atom. The van der Waals surface area contributed by atoms with Crippen LogP contribution in [0.3, 0.4) is 0 Å². The molecule has 5 heteroatoms. The highest BCUT2D eigenvalue weighted by molar-refractivity contribution is 5.76. The van der Waals surface area contributed by atoms with Crippen LogP contribution in [0.4, 0.5) is 0 Å². The van der Waals surface area contributed by atoms with Gasteiger partial charge >= 0.3 is 0 Å². The molecule has 5 nitrogen and oxygen atoms in total. The first-order valence-corrected chi connectivity index (χ1v) is 14.3. The summed E-state index contributed by atoms with van der Waals surface area (Å²) in [4.78, 5) is 20.0. The summed E-state index contributed by atoms with van der Waals surface area (Å²) in [6, 6.07) is 18.4. The molecule has 36 heavy (non-hydrogen) atoms. The van der Waals surface area contributed by atoms with E-state index in [1.807, 2.05) is 47.4 Å². The van der Waals surface area contributed by atoms with Gasteiger partial charge in [0.05, 0.1) is 0 Å². The summed E-state index contributed by atoms with van der Waals surface area (Å²) in [7, 11) is 0. The summed E-state index contributed by atoms with van der Waals surface area (Å²) in [6.07, 6.45) is 16.0. The summed E-state index contributed by atoms with van der Waals surface area (Å²) in [5.41, 5.74) is 1.13. The molecule has 1 saturated heterocycles. The van der Waals surface area contributed by atoms with Crippen molar-refractivity contribution in [2.45, 2.75) is 108 Å². The van der Waals surface area contributed by atoms with E-state index in [2.05, 4.69) is 17.3 Å². The lowest BCUT2D eigenvalue weighted by molar-refractivity contribution is -0.131. The Morgan fingerprint density at radius 1 is 0.722 bits per heavy atom. The number of hydrogen-bond donors (Lipinski definition) is 0. The second-order valence-corrected chi connectivity index (χ2v) is 10.5. The molecule has 1 aromatic heterocycles. The lowest BCUT2D eigenvalue weighted by atomic mass is 9.92. The van der Waals surface area contributed by atoms with Gasteiger partial charge in [-0.25, -0.2) is 0 Å². The van der Waals surface area contributed by atoms with Crippen LogP contribution < -0.4 is 0 Å². The number of carbonyl (C=O) groups is 1. The van der Waals surface area contributed by atoms with Crippen molar-refractivity contribution >= 4 is 5.91 Å². The number of aromatic nitrogens is 2. The zero-order valence-corrected chi connectivity index (χ0v) is 21.8. The molecule has 1 aromatic carbocycles. The van der Waals surface area contributed by atoms with Crippen molar-refractivity contribution in [3.05, 3.63) is 71.9 Å². The molecule has 1 aliphatic heterocycles. The minimum absolute atomic E-state index is 0.247. The van der Waals surface area contributed by atoms with E-state index in [1.165, 1.54) is 44.9 Å². The Bertz CT molecular complexity index is 952. The standard InChI is InChI=1S/C31H43N3O2/c35-29-22-16-15-19-27(23-24-34(29)25-26-17-11-7-3-1-4-8-12-18-26)30-32-31(36-33-30)28-20-13-9-5-2-6-10-14-21-28/h1,3-4,7-8,11-12,17-18,27-28H,2,5-6,9-10,13-16,19-25H2. The fourth-order valence-corrected chi connectivity index (χ4v) is 5.53. The van der Waals surface area contributed by atoms with Crippen LogP contribution in [0.5, 0.6) is 0 Å². The molecule has 0 spiro atoms. The summed E-state index contributed by atoms with van der Waals surface area (Å²) < 4.78 is 5.87. The van der Waals surface area contributed by atoms with Gasteiger partial charge in [0.15, 0.2) is 5.82 Å². The van der Waals surface area contributed by atoms with Crippen LogP contribution in [0, 0.1) is 0 Å². The molecule has 1 unspecified atom stereocenters. The minimum Gasteiger partial charge on any atom is -0.339 e. The van der Waals surface area contributed by atoms with E-state index in [1.54, 1.807) is 0 Å². The molecule has 1 saturated carbocycles. The van der Waals surface area contributed by atoms with Crippen LogP contribution in [0.25, 0.3) is 0 Å². The Morgan fingerprint density at radius 2 is 1.31 bits per heavy atom. The molecule has 2 fully saturated rings. The Kier molecular flexibility index (Phi) is 10.8. The predicted octanol–water partition coefficient (Wildman–Crippen LogP) is 7.88. The highest BCUT2D eigenvalue weighted by Crippen LogP contribution is 2.32. The van der Waals surface area contributed by atoms with Gasteiger partial charge in [-0.05, 0) is 37.7 Å². The Labute approximate surface area is 217 Å². The zero-order chi connectivity index (χ0) is 24.8. The van der Waals surface area contributed by atoms with Crippen molar-refractivity contribution in [1.29, 1.82) is 0 Å². The molecule has 2 heterocycles. The van der Waals surface area contributed by atoms with E-state index in [0.717, 1.165) is 62.3 Å². The summed E-state index contributed by atoms with van der Waals surface area (Å²) in [5.74, 6) is 2.61. The third-order valence-corrected chi connectivity index (χ3v) is 7.73. The lowest BCUT2D eigenvalue weighted by Crippen LogP contribution is -2.31. The van der Waals surface area contributed by atoms with Gasteiger partial charge < -0.3 is 9.42 Å². The fraction of sp³-hybridized carbons (Fsp3) is 0.581. The van der Waals surface area contributed by atoms with Crippen LogP contribution in [0.1, 0.15) is 119 Å². The van der Waals surface area contributed by atoms with Crippen LogP contribution in [-0.2, 0) is 11.3 Å². The summed E-state index contributed by atoms with van der Waals surface area (Å²) in [5, 5.41) is 4.48. The van der Waals surface area contributed by atoms with E-state index < -0.39 is 0 Å². The maximum atomic E-state index is 13.0. The molecule has 2 aromatic rings. The zero-order valence-electron chi connectivity index (χ0n) is 21.8. The average Bonchev–Trinajstić information content (AvgIpc) is 3.41. The predicted molar refractivity (Wildman–Crippen MR) is 144 cm³/mol. The van der Waals surface area contributed by atoms with E-state index in [9.17, 15) is 4.79 Å². The van der Waals surface area contributed by atoms with Gasteiger partial charge in [0.25, 0.3) is 0 Å². The van der Waals surface area contributed by atoms with Gasteiger partial charge in [0.1, 0.15) is 0 Å². The van der Waals surface area contributed by atoms with Gasteiger partial charge in [-0.3, -0.25) is 4.79 Å². The van der Waals surface area contributed by atoms with Crippen molar-refractivity contribution in [2.75, 3.05) is 6.54 Å². The van der Waals surface area contributed by atoms with Crippen molar-refractivity contribution < 1.29 is 9.32 Å². The SMILES string of the molecule is O=C1CCCCC(c2noc(C3CCCCCCCCC3)n2)CCN1Cc1ccccccccc1. The highest BCUT2D eigenvalue weighted by atomic mass is 16.5. The number of amides is 1. The first-order chi connectivity index (χ1) is 17.8. The average molecular weight is 490 g/mol. The largest absolute Gasteiger partial charge is 0.339 e. The van der Waals surface area contributed by atoms with Crippen molar-refractivity contribution in [1.82, 2.24) is 15.0 Å². The van der Waals surface area contributed by atoms with Gasteiger partial charge in [0, 0.05) is 31.3 Å². The van der Waals surface area contributed by atoms with E-state index in [4.69, 9.17) is 9.51 Å². The van der Waals surface area contributed by atoms with Crippen LogP contribution in [0.15, 0.2) is 59.1 Å². The van der Waals surface area contributed by atoms with Gasteiger partial charge in [-0.2, -0.15) is 4.98 Å². The second-order valence-electron chi connectivity index (χ2n) is 10.5. The van der Waals surface area contributed by atoms with Crippen LogP contribution in [-0.4, -0.2) is 27.5 Å². The van der Waals surface area contributed by atoms with Gasteiger partial charge in [0.2, 0.25) is 11.8 Å². The third-order valence-electron chi connectivity index (χ3n) is 7.73. The molecule has 194 valence electrons. The summed E-state index contributed by atoms with van der Waals surface area (Å²) in [6.45, 7) is 1.35. The van der Waals surface area contributed by atoms with Crippen LogP contribution in [0.2, 0.25) is 0 Å². The van der Waals surface area contributed by atoms with Gasteiger partial charge in [-0.15, -0.1) is 0 Å². The minimum atomic E-state index is 0.247. The third kappa shape index (κ3) is 8.46. The molecule has 1 amide bonds. The topological polar surface area (TPSA) is 59.2 Å². The molecule has 1 atom stereocenters. The number of carbonyl (C=O) groups excluding carboxylic acids is 1. The van der Waals surface area contributed by atoms with Crippen LogP contribution >= 0.6 is 0 Å². The monoisotopic (exact) mass is 489 g/mol. The maximum absolute atomic E-state index is 13.0.